The number of ether oxygens (including phenoxy) is 2. The first-order valence-corrected chi connectivity index (χ1v) is 22.5. The monoisotopic (exact) mass is 734 g/mol. The molecule has 0 spiro atoms. The van der Waals surface area contributed by atoms with Crippen molar-refractivity contribution in [3.63, 3.8) is 0 Å². The Morgan fingerprint density at radius 2 is 0.860 bits per heavy atom. The molecular weight excluding hydrogens is 653 g/mol. The minimum atomic E-state index is -4.36. The van der Waals surface area contributed by atoms with Gasteiger partial charge in [-0.2, -0.15) is 0 Å². The molecule has 0 bridgehead atoms. The number of hydrogen-bond acceptors (Lipinski definition) is 8. The fourth-order valence-electron chi connectivity index (χ4n) is 6.11. The number of esters is 2. The van der Waals surface area contributed by atoms with Crippen LogP contribution in [0.1, 0.15) is 213 Å². The fraction of sp³-hybridized carbons (Fsp3) is 0.950. The van der Waals surface area contributed by atoms with Crippen LogP contribution in [-0.4, -0.2) is 49.3 Å². The molecule has 0 radical (unpaired) electrons. The molecule has 9 nitrogen and oxygen atoms in total. The van der Waals surface area contributed by atoms with Crippen LogP contribution in [0.5, 0.6) is 0 Å². The largest absolute Gasteiger partial charge is 0.472 e. The van der Waals surface area contributed by atoms with Gasteiger partial charge in [0.1, 0.15) is 6.61 Å². The maximum atomic E-state index is 12.6. The third-order valence-corrected chi connectivity index (χ3v) is 10.2. The maximum Gasteiger partial charge on any atom is 0.472 e. The van der Waals surface area contributed by atoms with E-state index in [2.05, 4.69) is 13.8 Å². The lowest BCUT2D eigenvalue weighted by Gasteiger charge is -2.19. The predicted octanol–water partition coefficient (Wildman–Crippen LogP) is 11.7. The molecular formula is C40H80NO8P. The second kappa shape index (κ2) is 37.8. The van der Waals surface area contributed by atoms with Crippen LogP contribution < -0.4 is 5.73 Å². The zero-order chi connectivity index (χ0) is 36.8. The number of nitrogens with two attached hydrogens (primary N) is 1. The van der Waals surface area contributed by atoms with Gasteiger partial charge in [-0.25, -0.2) is 4.57 Å². The minimum absolute atomic E-state index is 0.0579. The molecule has 0 aliphatic heterocycles. The van der Waals surface area contributed by atoms with Crippen molar-refractivity contribution in [3.05, 3.63) is 0 Å². The number of hydrogen-bond donors (Lipinski definition) is 2. The van der Waals surface area contributed by atoms with E-state index < -0.39 is 26.5 Å². The molecule has 0 saturated carbocycles. The number of rotatable bonds is 40. The Balaban J connectivity index is 4.06. The van der Waals surface area contributed by atoms with Gasteiger partial charge in [0.15, 0.2) is 6.10 Å². The van der Waals surface area contributed by atoms with Crippen LogP contribution in [0.3, 0.4) is 0 Å². The molecule has 3 N–H and O–H groups in total. The standard InChI is InChI=1S/C40H80NO8P/c1-3-5-7-9-11-13-15-16-17-18-19-20-21-22-23-25-27-29-31-33-40(43)49-38(37-48-50(44,45)47-35-34-41)36-46-39(42)32-30-28-26-24-14-12-10-8-6-4-2/h38H,3-37,41H2,1-2H3,(H,44,45). The van der Waals surface area contributed by atoms with Crippen LogP contribution >= 0.6 is 7.82 Å². The Bertz CT molecular complexity index is 799. The minimum Gasteiger partial charge on any atom is -0.462 e. The zero-order valence-corrected chi connectivity index (χ0v) is 33.6. The SMILES string of the molecule is CCCCCCCCCCCCCCCCCCCCCC(=O)OC(COC(=O)CCCCCCCCCCCC)COP(=O)(O)OCCN. The van der Waals surface area contributed by atoms with E-state index in [1.807, 2.05) is 0 Å². The summed E-state index contributed by atoms with van der Waals surface area (Å²) in [7, 11) is -4.36. The van der Waals surface area contributed by atoms with E-state index in [1.54, 1.807) is 0 Å². The van der Waals surface area contributed by atoms with Crippen molar-refractivity contribution in [2.45, 2.75) is 219 Å². The topological polar surface area (TPSA) is 134 Å². The Morgan fingerprint density at radius 3 is 1.22 bits per heavy atom. The van der Waals surface area contributed by atoms with E-state index >= 15 is 0 Å². The van der Waals surface area contributed by atoms with Crippen LogP contribution in [0.25, 0.3) is 0 Å². The van der Waals surface area contributed by atoms with Crippen LogP contribution in [0.15, 0.2) is 0 Å². The molecule has 0 aliphatic rings. The van der Waals surface area contributed by atoms with Gasteiger partial charge in [0, 0.05) is 19.4 Å². The van der Waals surface area contributed by atoms with Crippen molar-refractivity contribution in [1.82, 2.24) is 0 Å². The average Bonchev–Trinajstić information content (AvgIpc) is 3.10. The summed E-state index contributed by atoms with van der Waals surface area (Å²) in [6.07, 6.45) is 35.6. The van der Waals surface area contributed by atoms with Crippen molar-refractivity contribution in [1.29, 1.82) is 0 Å². The molecule has 50 heavy (non-hydrogen) atoms. The van der Waals surface area contributed by atoms with Gasteiger partial charge in [-0.05, 0) is 12.8 Å². The molecule has 0 rings (SSSR count). The summed E-state index contributed by atoms with van der Waals surface area (Å²) in [4.78, 5) is 34.7. The van der Waals surface area contributed by atoms with Crippen molar-refractivity contribution in [2.75, 3.05) is 26.4 Å². The Labute approximate surface area is 307 Å². The molecule has 0 saturated heterocycles. The van der Waals surface area contributed by atoms with Crippen LogP contribution in [0, 0.1) is 0 Å². The van der Waals surface area contributed by atoms with E-state index in [1.165, 1.54) is 148 Å². The highest BCUT2D eigenvalue weighted by Crippen LogP contribution is 2.43. The van der Waals surface area contributed by atoms with Gasteiger partial charge in [-0.15, -0.1) is 0 Å². The highest BCUT2D eigenvalue weighted by molar-refractivity contribution is 7.47. The van der Waals surface area contributed by atoms with Crippen LogP contribution in [0.4, 0.5) is 0 Å². The van der Waals surface area contributed by atoms with Crippen LogP contribution in [0.2, 0.25) is 0 Å². The summed E-state index contributed by atoms with van der Waals surface area (Å²) in [5.41, 5.74) is 5.34. The fourth-order valence-corrected chi connectivity index (χ4v) is 6.87. The molecule has 0 fully saturated rings. The highest BCUT2D eigenvalue weighted by Gasteiger charge is 2.26. The number of phosphoric ester groups is 1. The van der Waals surface area contributed by atoms with E-state index in [4.69, 9.17) is 24.3 Å². The van der Waals surface area contributed by atoms with Gasteiger partial charge in [-0.1, -0.05) is 187 Å². The molecule has 0 aromatic carbocycles. The summed E-state index contributed by atoms with van der Waals surface area (Å²) >= 11 is 0. The number of carbonyl (C=O) groups excluding carboxylic acids is 2. The van der Waals surface area contributed by atoms with Gasteiger partial charge < -0.3 is 20.1 Å². The summed E-state index contributed by atoms with van der Waals surface area (Å²) in [5, 5.41) is 0. The molecule has 2 atom stereocenters. The summed E-state index contributed by atoms with van der Waals surface area (Å²) in [5.74, 6) is -0.817. The van der Waals surface area contributed by atoms with E-state index in [0.717, 1.165) is 32.1 Å². The Morgan fingerprint density at radius 1 is 0.520 bits per heavy atom. The third kappa shape index (κ3) is 36.8. The Hall–Kier alpha value is -0.990. The van der Waals surface area contributed by atoms with Gasteiger partial charge >= 0.3 is 19.8 Å². The first-order valence-electron chi connectivity index (χ1n) is 21.0. The number of phosphoric acid groups is 1. The third-order valence-electron chi connectivity index (χ3n) is 9.24. The molecule has 2 unspecified atom stereocenters. The average molecular weight is 734 g/mol. The van der Waals surface area contributed by atoms with Crippen molar-refractivity contribution >= 4 is 19.8 Å². The molecule has 10 heteroatoms. The number of carbonyl (C=O) groups is 2. The van der Waals surface area contributed by atoms with E-state index in [9.17, 15) is 19.0 Å². The second-order valence-corrected chi connectivity index (χ2v) is 15.7. The lowest BCUT2D eigenvalue weighted by atomic mass is 10.0. The first kappa shape index (κ1) is 49.0. The van der Waals surface area contributed by atoms with Gasteiger partial charge in [0.05, 0.1) is 13.2 Å². The van der Waals surface area contributed by atoms with Gasteiger partial charge in [0.25, 0.3) is 0 Å². The van der Waals surface area contributed by atoms with Crippen molar-refractivity contribution < 1.29 is 37.6 Å². The molecule has 0 aromatic rings. The maximum absolute atomic E-state index is 12.6. The smallest absolute Gasteiger partial charge is 0.462 e. The van der Waals surface area contributed by atoms with Crippen molar-refractivity contribution in [3.8, 4) is 0 Å². The van der Waals surface area contributed by atoms with Crippen LogP contribution in [-0.2, 0) is 32.7 Å². The molecule has 0 amide bonds. The highest BCUT2D eigenvalue weighted by atomic mass is 31.2. The Kier molecular flexibility index (Phi) is 37.0. The summed E-state index contributed by atoms with van der Waals surface area (Å²) in [6.45, 7) is 3.75. The van der Waals surface area contributed by atoms with Gasteiger partial charge in [0.2, 0.25) is 0 Å². The lowest BCUT2D eigenvalue weighted by Crippen LogP contribution is -2.29. The predicted molar refractivity (Wildman–Crippen MR) is 206 cm³/mol. The molecule has 0 aliphatic carbocycles. The molecule has 298 valence electrons. The second-order valence-electron chi connectivity index (χ2n) is 14.2. The van der Waals surface area contributed by atoms with Gasteiger partial charge in [-0.3, -0.25) is 18.6 Å². The van der Waals surface area contributed by atoms with E-state index in [0.29, 0.717) is 6.42 Å². The summed E-state index contributed by atoms with van der Waals surface area (Å²) in [6, 6.07) is 0. The first-order chi connectivity index (χ1) is 24.3. The van der Waals surface area contributed by atoms with E-state index in [-0.39, 0.29) is 38.6 Å². The zero-order valence-electron chi connectivity index (χ0n) is 32.7. The molecule has 0 aromatic heterocycles. The quantitative estimate of drug-likeness (QED) is 0.0358. The lowest BCUT2D eigenvalue weighted by molar-refractivity contribution is -0.161. The van der Waals surface area contributed by atoms with Crippen molar-refractivity contribution in [2.24, 2.45) is 5.73 Å². The number of unbranched alkanes of at least 4 members (excludes halogenated alkanes) is 27. The molecule has 0 heterocycles. The summed E-state index contributed by atoms with van der Waals surface area (Å²) < 4.78 is 32.7. The normalized spacial score (nSPS) is 13.3.